The third-order valence-corrected chi connectivity index (χ3v) is 5.00. The Morgan fingerprint density at radius 1 is 1.18 bits per heavy atom. The summed E-state index contributed by atoms with van der Waals surface area (Å²) < 4.78 is 0. The summed E-state index contributed by atoms with van der Waals surface area (Å²) in [4.78, 5) is 25.3. The molecule has 0 aromatic rings. The fraction of sp³-hybridized carbons (Fsp3) is 0.882. The van der Waals surface area contributed by atoms with Crippen molar-refractivity contribution in [3.63, 3.8) is 0 Å². The number of ketones is 1. The molecule has 3 unspecified atom stereocenters. The molecule has 1 heterocycles. The van der Waals surface area contributed by atoms with E-state index in [-0.39, 0.29) is 17.7 Å². The molecule has 22 heavy (non-hydrogen) atoms. The molecule has 0 bridgehead atoms. The molecule has 0 saturated carbocycles. The zero-order valence-corrected chi connectivity index (χ0v) is 15.1. The molecule has 0 aromatic heterocycles. The predicted octanol–water partition coefficient (Wildman–Crippen LogP) is 3.36. The number of nitrogens with zero attached hydrogens (tertiary/aromatic N) is 2. The first kappa shape index (κ1) is 19.1. The number of carbonyl (C=O) groups is 1. The van der Waals surface area contributed by atoms with Crippen molar-refractivity contribution in [3.05, 3.63) is 0 Å². The molecule has 0 radical (unpaired) electrons. The van der Waals surface area contributed by atoms with Crippen LogP contribution >= 0.6 is 0 Å². The summed E-state index contributed by atoms with van der Waals surface area (Å²) in [6.45, 7) is 13.5. The second kappa shape index (κ2) is 8.63. The SMILES string of the molecule is CCC(CC)CN(C(C)CC)C1(C(=O)C(C)CC)N=CNO1. The van der Waals surface area contributed by atoms with E-state index >= 15 is 0 Å². The molecule has 0 saturated heterocycles. The van der Waals surface area contributed by atoms with Gasteiger partial charge in [-0.3, -0.25) is 10.3 Å². The molecular weight excluding hydrogens is 278 g/mol. The van der Waals surface area contributed by atoms with Gasteiger partial charge in [0.25, 0.3) is 0 Å². The zero-order chi connectivity index (χ0) is 16.8. The highest BCUT2D eigenvalue weighted by atomic mass is 16.7. The number of hydrogen-bond donors (Lipinski definition) is 1. The number of carbonyl (C=O) groups excluding carboxylic acids is 1. The van der Waals surface area contributed by atoms with Gasteiger partial charge in [0.1, 0.15) is 6.34 Å². The van der Waals surface area contributed by atoms with Crippen molar-refractivity contribution in [3.8, 4) is 0 Å². The van der Waals surface area contributed by atoms with Crippen molar-refractivity contribution in [1.29, 1.82) is 0 Å². The molecule has 1 rings (SSSR count). The van der Waals surface area contributed by atoms with E-state index < -0.39 is 5.85 Å². The van der Waals surface area contributed by atoms with Crippen LogP contribution in [0.1, 0.15) is 67.2 Å². The van der Waals surface area contributed by atoms with Crippen molar-refractivity contribution in [1.82, 2.24) is 10.4 Å². The van der Waals surface area contributed by atoms with Gasteiger partial charge in [-0.1, -0.05) is 47.5 Å². The number of hydroxylamine groups is 1. The minimum absolute atomic E-state index is 0.0440. The van der Waals surface area contributed by atoms with E-state index in [1.165, 1.54) is 6.34 Å². The van der Waals surface area contributed by atoms with E-state index in [2.05, 4.69) is 43.1 Å². The molecule has 0 fully saturated rings. The summed E-state index contributed by atoms with van der Waals surface area (Å²) in [7, 11) is 0. The second-order valence-electron chi connectivity index (χ2n) is 6.35. The molecule has 0 spiro atoms. The lowest BCUT2D eigenvalue weighted by Crippen LogP contribution is -2.60. The highest BCUT2D eigenvalue weighted by Gasteiger charge is 2.51. The van der Waals surface area contributed by atoms with E-state index in [0.717, 1.165) is 32.2 Å². The second-order valence-corrected chi connectivity index (χ2v) is 6.35. The lowest BCUT2D eigenvalue weighted by atomic mass is 9.95. The molecule has 5 heteroatoms. The van der Waals surface area contributed by atoms with E-state index in [4.69, 9.17) is 4.84 Å². The van der Waals surface area contributed by atoms with Crippen LogP contribution in [0.25, 0.3) is 0 Å². The average Bonchev–Trinajstić information content (AvgIpc) is 3.04. The van der Waals surface area contributed by atoms with Gasteiger partial charge in [0.05, 0.1) is 0 Å². The monoisotopic (exact) mass is 311 g/mol. The zero-order valence-electron chi connectivity index (χ0n) is 15.1. The van der Waals surface area contributed by atoms with E-state index in [9.17, 15) is 4.79 Å². The van der Waals surface area contributed by atoms with E-state index in [1.54, 1.807) is 0 Å². The number of aliphatic imine (C=N–C) groups is 1. The summed E-state index contributed by atoms with van der Waals surface area (Å²) in [5.74, 6) is -0.698. The van der Waals surface area contributed by atoms with Gasteiger partial charge in [0, 0.05) is 18.5 Å². The lowest BCUT2D eigenvalue weighted by Gasteiger charge is -2.41. The van der Waals surface area contributed by atoms with Gasteiger partial charge in [-0.2, -0.15) is 0 Å². The largest absolute Gasteiger partial charge is 0.303 e. The Morgan fingerprint density at radius 2 is 1.82 bits per heavy atom. The minimum atomic E-state index is -1.20. The van der Waals surface area contributed by atoms with Crippen molar-refractivity contribution < 1.29 is 9.63 Å². The van der Waals surface area contributed by atoms with Gasteiger partial charge in [-0.05, 0) is 25.7 Å². The van der Waals surface area contributed by atoms with Crippen LogP contribution in [-0.4, -0.2) is 35.5 Å². The Morgan fingerprint density at radius 3 is 2.23 bits per heavy atom. The maximum absolute atomic E-state index is 13.0. The Labute approximate surface area is 135 Å². The minimum Gasteiger partial charge on any atom is -0.292 e. The first-order valence-corrected chi connectivity index (χ1v) is 8.74. The van der Waals surface area contributed by atoms with E-state index in [1.807, 2.05) is 13.8 Å². The topological polar surface area (TPSA) is 53.9 Å². The summed E-state index contributed by atoms with van der Waals surface area (Å²) in [6.07, 6.45) is 5.43. The van der Waals surface area contributed by atoms with Crippen LogP contribution in [0.2, 0.25) is 0 Å². The summed E-state index contributed by atoms with van der Waals surface area (Å²) in [5.41, 5.74) is 2.69. The molecule has 0 amide bonds. The van der Waals surface area contributed by atoms with Gasteiger partial charge >= 0.3 is 5.85 Å². The Kier molecular flexibility index (Phi) is 7.49. The van der Waals surface area contributed by atoms with Gasteiger partial charge in [-0.25, -0.2) is 14.7 Å². The molecule has 1 aliphatic heterocycles. The van der Waals surface area contributed by atoms with Gasteiger partial charge in [-0.15, -0.1) is 0 Å². The molecule has 3 atom stereocenters. The predicted molar refractivity (Wildman–Crippen MR) is 90.4 cm³/mol. The summed E-state index contributed by atoms with van der Waals surface area (Å²) in [6, 6.07) is 0.227. The summed E-state index contributed by atoms with van der Waals surface area (Å²) >= 11 is 0. The smallest absolute Gasteiger partial charge is 0.292 e. The van der Waals surface area contributed by atoms with Gasteiger partial charge in [0.15, 0.2) is 0 Å². The number of Topliss-reactive ketones (excluding diaryl/α,β-unsaturated/α-hetero) is 1. The maximum Gasteiger partial charge on any atom is 0.303 e. The first-order valence-electron chi connectivity index (χ1n) is 8.74. The fourth-order valence-electron chi connectivity index (χ4n) is 2.79. The van der Waals surface area contributed by atoms with Crippen LogP contribution in [0.15, 0.2) is 4.99 Å². The van der Waals surface area contributed by atoms with Crippen LogP contribution in [0.3, 0.4) is 0 Å². The third-order valence-electron chi connectivity index (χ3n) is 5.00. The van der Waals surface area contributed by atoms with Crippen molar-refractivity contribution in [2.24, 2.45) is 16.8 Å². The lowest BCUT2D eigenvalue weighted by molar-refractivity contribution is -0.192. The molecule has 128 valence electrons. The summed E-state index contributed by atoms with van der Waals surface area (Å²) in [5, 5.41) is 0. The Balaban J connectivity index is 3.15. The molecule has 0 aromatic carbocycles. The van der Waals surface area contributed by atoms with E-state index in [0.29, 0.717) is 5.92 Å². The van der Waals surface area contributed by atoms with Crippen LogP contribution in [0, 0.1) is 11.8 Å². The normalized spacial score (nSPS) is 23.8. The number of hydrogen-bond acceptors (Lipinski definition) is 5. The van der Waals surface area contributed by atoms with Crippen LogP contribution < -0.4 is 5.48 Å². The Bertz CT molecular complexity index is 382. The van der Waals surface area contributed by atoms with Crippen LogP contribution in [-0.2, 0) is 9.63 Å². The van der Waals surface area contributed by atoms with Gasteiger partial charge < -0.3 is 0 Å². The molecule has 5 nitrogen and oxygen atoms in total. The number of rotatable bonds is 10. The standard InChI is InChI=1S/C17H33N3O2/c1-7-13(5)16(21)17(18-12-19-22-17)20(14(6)8-2)11-15(9-3)10-4/h12-15H,7-11H2,1-6H3,(H,18,19). The fourth-order valence-corrected chi connectivity index (χ4v) is 2.79. The highest BCUT2D eigenvalue weighted by Crippen LogP contribution is 2.31. The maximum atomic E-state index is 13.0. The molecule has 0 aliphatic carbocycles. The van der Waals surface area contributed by atoms with Crippen molar-refractivity contribution >= 4 is 12.1 Å². The first-order chi connectivity index (χ1) is 10.5. The molecule has 1 aliphatic rings. The van der Waals surface area contributed by atoms with Crippen LogP contribution in [0.4, 0.5) is 0 Å². The quantitative estimate of drug-likeness (QED) is 0.672. The third kappa shape index (κ3) is 3.87. The highest BCUT2D eigenvalue weighted by molar-refractivity contribution is 5.90. The van der Waals surface area contributed by atoms with Gasteiger partial charge in [0.2, 0.25) is 5.78 Å². The molecular formula is C17H33N3O2. The number of nitrogens with one attached hydrogen (secondary N) is 1. The Hall–Kier alpha value is -0.940. The molecule has 1 N–H and O–H groups in total. The van der Waals surface area contributed by atoms with Crippen LogP contribution in [0.5, 0.6) is 0 Å². The van der Waals surface area contributed by atoms with Crippen molar-refractivity contribution in [2.75, 3.05) is 6.54 Å². The average molecular weight is 311 g/mol. The van der Waals surface area contributed by atoms with Crippen molar-refractivity contribution in [2.45, 2.75) is 79.1 Å².